The normalized spacial score (nSPS) is 23.7. The van der Waals surface area contributed by atoms with Gasteiger partial charge in [0.2, 0.25) is 0 Å². The molecule has 0 aromatic heterocycles. The van der Waals surface area contributed by atoms with E-state index in [9.17, 15) is 0 Å². The molecule has 1 aliphatic rings. The number of nitrogens with zero attached hydrogens (tertiary/aromatic N) is 1. The molecule has 0 spiro atoms. The fourth-order valence-corrected chi connectivity index (χ4v) is 2.09. The van der Waals surface area contributed by atoms with E-state index < -0.39 is 0 Å². The fraction of sp³-hybridized carbons (Fsp3) is 0.833. The van der Waals surface area contributed by atoms with Crippen molar-refractivity contribution in [2.45, 2.75) is 32.7 Å². The van der Waals surface area contributed by atoms with Gasteiger partial charge in [0.1, 0.15) is 0 Å². The molecule has 0 aromatic carbocycles. The lowest BCUT2D eigenvalue weighted by molar-refractivity contribution is 0.124. The van der Waals surface area contributed by atoms with E-state index in [0.29, 0.717) is 6.04 Å². The van der Waals surface area contributed by atoms with Crippen LogP contribution in [0.1, 0.15) is 26.7 Å². The largest absolute Gasteiger partial charge is 0.314 e. The maximum absolute atomic E-state index is 5.26. The van der Waals surface area contributed by atoms with Crippen LogP contribution >= 0.6 is 0 Å². The van der Waals surface area contributed by atoms with Crippen LogP contribution in [0.3, 0.4) is 0 Å². The van der Waals surface area contributed by atoms with Crippen LogP contribution in [0.5, 0.6) is 0 Å². The van der Waals surface area contributed by atoms with Crippen LogP contribution in [0.25, 0.3) is 0 Å². The van der Waals surface area contributed by atoms with E-state index in [1.165, 1.54) is 6.54 Å². The van der Waals surface area contributed by atoms with E-state index in [1.807, 2.05) is 0 Å². The maximum Gasteiger partial charge on any atom is 0.0244 e. The fourth-order valence-electron chi connectivity index (χ4n) is 2.09. The minimum Gasteiger partial charge on any atom is -0.314 e. The summed E-state index contributed by atoms with van der Waals surface area (Å²) >= 11 is 0. The Kier molecular flexibility index (Phi) is 5.00. The van der Waals surface area contributed by atoms with Crippen LogP contribution in [-0.2, 0) is 0 Å². The van der Waals surface area contributed by atoms with Gasteiger partial charge >= 0.3 is 0 Å². The van der Waals surface area contributed by atoms with Crippen LogP contribution in [0.2, 0.25) is 0 Å². The van der Waals surface area contributed by atoms with Gasteiger partial charge in [0.25, 0.3) is 0 Å². The lowest BCUT2D eigenvalue weighted by atomic mass is 10.0. The third-order valence-corrected chi connectivity index (χ3v) is 2.93. The van der Waals surface area contributed by atoms with E-state index in [1.54, 1.807) is 0 Å². The topological polar surface area (TPSA) is 15.3 Å². The highest BCUT2D eigenvalue weighted by atomic mass is 15.2. The van der Waals surface area contributed by atoms with E-state index in [4.69, 9.17) is 6.42 Å². The van der Waals surface area contributed by atoms with Gasteiger partial charge in [-0.1, -0.05) is 13.8 Å². The number of rotatable bonds is 4. The van der Waals surface area contributed by atoms with Crippen molar-refractivity contribution in [2.24, 2.45) is 5.92 Å². The Bertz CT molecular complexity index is 193. The zero-order valence-corrected chi connectivity index (χ0v) is 9.42. The highest BCUT2D eigenvalue weighted by Gasteiger charge is 2.23. The molecule has 80 valence electrons. The van der Waals surface area contributed by atoms with Gasteiger partial charge in [-0.3, -0.25) is 4.90 Å². The number of piperazine rings is 1. The molecule has 0 amide bonds. The quantitative estimate of drug-likeness (QED) is 0.536. The molecule has 14 heavy (non-hydrogen) atoms. The summed E-state index contributed by atoms with van der Waals surface area (Å²) in [5.41, 5.74) is 0. The number of hydrogen-bond acceptors (Lipinski definition) is 2. The van der Waals surface area contributed by atoms with Crippen molar-refractivity contribution in [3.63, 3.8) is 0 Å². The molecule has 0 aliphatic carbocycles. The van der Waals surface area contributed by atoms with Gasteiger partial charge in [0, 0.05) is 32.1 Å². The van der Waals surface area contributed by atoms with E-state index in [2.05, 4.69) is 30.0 Å². The Labute approximate surface area is 88.1 Å². The summed E-state index contributed by atoms with van der Waals surface area (Å²) in [4.78, 5) is 2.58. The van der Waals surface area contributed by atoms with E-state index in [0.717, 1.165) is 38.4 Å². The van der Waals surface area contributed by atoms with Crippen molar-refractivity contribution >= 4 is 0 Å². The molecule has 1 aliphatic heterocycles. The van der Waals surface area contributed by atoms with Crippen molar-refractivity contribution in [3.05, 3.63) is 0 Å². The first-order chi connectivity index (χ1) is 6.75. The maximum atomic E-state index is 5.26. The SMILES string of the molecule is C#CCCCN1CCNCC1C(C)C. The van der Waals surface area contributed by atoms with Crippen LogP contribution in [0, 0.1) is 18.3 Å². The summed E-state index contributed by atoms with van der Waals surface area (Å²) in [5, 5.41) is 3.45. The summed E-state index contributed by atoms with van der Waals surface area (Å²) in [6.07, 6.45) is 7.31. The smallest absolute Gasteiger partial charge is 0.0244 e. The van der Waals surface area contributed by atoms with Gasteiger partial charge in [-0.15, -0.1) is 12.3 Å². The first kappa shape index (κ1) is 11.6. The second-order valence-corrected chi connectivity index (χ2v) is 4.36. The zero-order valence-electron chi connectivity index (χ0n) is 9.42. The summed E-state index contributed by atoms with van der Waals surface area (Å²) in [6.45, 7) is 9.19. The van der Waals surface area contributed by atoms with Crippen molar-refractivity contribution in [1.29, 1.82) is 0 Å². The Morgan fingerprint density at radius 3 is 3.00 bits per heavy atom. The summed E-state index contributed by atoms with van der Waals surface area (Å²) in [5.74, 6) is 3.44. The van der Waals surface area contributed by atoms with Gasteiger partial charge in [-0.25, -0.2) is 0 Å². The minimum absolute atomic E-state index is 0.696. The second kappa shape index (κ2) is 6.06. The van der Waals surface area contributed by atoms with Crippen LogP contribution < -0.4 is 5.32 Å². The third kappa shape index (κ3) is 3.32. The Balaban J connectivity index is 2.35. The molecule has 1 heterocycles. The molecule has 1 saturated heterocycles. The molecule has 1 atom stereocenters. The molecule has 0 saturated carbocycles. The van der Waals surface area contributed by atoms with Gasteiger partial charge in [0.05, 0.1) is 0 Å². The third-order valence-electron chi connectivity index (χ3n) is 2.93. The standard InChI is InChI=1S/C12H22N2/c1-4-5-6-8-14-9-7-13-10-12(14)11(2)3/h1,11-13H,5-10H2,2-3H3. The molecular formula is C12H22N2. The molecule has 1 N–H and O–H groups in total. The van der Waals surface area contributed by atoms with Crippen molar-refractivity contribution in [1.82, 2.24) is 10.2 Å². The Morgan fingerprint density at radius 1 is 1.57 bits per heavy atom. The van der Waals surface area contributed by atoms with Crippen molar-refractivity contribution < 1.29 is 0 Å². The van der Waals surface area contributed by atoms with Crippen molar-refractivity contribution in [3.8, 4) is 12.3 Å². The molecular weight excluding hydrogens is 172 g/mol. The summed E-state index contributed by atoms with van der Waals surface area (Å²) in [7, 11) is 0. The van der Waals surface area contributed by atoms with Gasteiger partial charge in [-0.05, 0) is 18.9 Å². The number of unbranched alkanes of at least 4 members (excludes halogenated alkanes) is 1. The highest BCUT2D eigenvalue weighted by molar-refractivity contribution is 4.86. The number of nitrogens with one attached hydrogen (secondary N) is 1. The molecule has 0 bridgehead atoms. The van der Waals surface area contributed by atoms with Gasteiger partial charge in [-0.2, -0.15) is 0 Å². The van der Waals surface area contributed by atoms with Gasteiger partial charge in [0.15, 0.2) is 0 Å². The summed E-state index contributed by atoms with van der Waals surface area (Å²) in [6, 6.07) is 0.696. The first-order valence-corrected chi connectivity index (χ1v) is 5.64. The van der Waals surface area contributed by atoms with Gasteiger partial charge < -0.3 is 5.32 Å². The summed E-state index contributed by atoms with van der Waals surface area (Å²) < 4.78 is 0. The lowest BCUT2D eigenvalue weighted by Crippen LogP contribution is -2.53. The van der Waals surface area contributed by atoms with E-state index in [-0.39, 0.29) is 0 Å². The predicted molar refractivity (Wildman–Crippen MR) is 61.1 cm³/mol. The predicted octanol–water partition coefficient (Wildman–Crippen LogP) is 1.33. The average Bonchev–Trinajstić information content (AvgIpc) is 2.19. The molecule has 1 rings (SSSR count). The molecule has 1 unspecified atom stereocenters. The molecule has 0 aromatic rings. The van der Waals surface area contributed by atoms with Crippen LogP contribution in [0.15, 0.2) is 0 Å². The van der Waals surface area contributed by atoms with Crippen LogP contribution in [-0.4, -0.2) is 37.1 Å². The zero-order chi connectivity index (χ0) is 10.4. The van der Waals surface area contributed by atoms with Crippen LogP contribution in [0.4, 0.5) is 0 Å². The molecule has 2 heteroatoms. The molecule has 1 fully saturated rings. The minimum atomic E-state index is 0.696. The first-order valence-electron chi connectivity index (χ1n) is 5.64. The second-order valence-electron chi connectivity index (χ2n) is 4.36. The van der Waals surface area contributed by atoms with E-state index >= 15 is 0 Å². The number of terminal acetylenes is 1. The average molecular weight is 194 g/mol. The highest BCUT2D eigenvalue weighted by Crippen LogP contribution is 2.13. The monoisotopic (exact) mass is 194 g/mol. The Hall–Kier alpha value is -0.520. The molecule has 2 nitrogen and oxygen atoms in total. The lowest BCUT2D eigenvalue weighted by Gasteiger charge is -2.38. The van der Waals surface area contributed by atoms with Crippen molar-refractivity contribution in [2.75, 3.05) is 26.2 Å². The Morgan fingerprint density at radius 2 is 2.36 bits per heavy atom. The number of hydrogen-bond donors (Lipinski definition) is 1. The molecule has 0 radical (unpaired) electrons.